The molecule has 0 spiro atoms. The van der Waals surface area contributed by atoms with Gasteiger partial charge in [-0.15, -0.1) is 0 Å². The van der Waals surface area contributed by atoms with E-state index in [0.29, 0.717) is 36.3 Å². The Morgan fingerprint density at radius 3 is 2.43 bits per heavy atom. The Morgan fingerprint density at radius 2 is 1.77 bits per heavy atom. The van der Waals surface area contributed by atoms with E-state index in [2.05, 4.69) is 11.4 Å². The second-order valence-corrected chi connectivity index (χ2v) is 9.47. The van der Waals surface area contributed by atoms with Crippen LogP contribution in [0.1, 0.15) is 44.2 Å². The van der Waals surface area contributed by atoms with Crippen molar-refractivity contribution in [2.75, 3.05) is 5.32 Å². The number of carbonyl (C=O) groups excluding carboxylic acids is 3. The second kappa shape index (κ2) is 10.6. The molecular weight excluding hydrogens is 442 g/mol. The summed E-state index contributed by atoms with van der Waals surface area (Å²) in [5.74, 6) is -0.950. The number of ether oxygens (including phenoxy) is 1. The zero-order valence-electron chi connectivity index (χ0n) is 19.9. The standard InChI is InChI=1S/C28H29N3O4/c1-18(2)13-25(31-27(33)23-11-3-4-12-24(23)28(31)34)26(32)30-21-9-6-10-22(15-21)35-17-20-8-5-7-19(14-20)16-29/h3-10,14-15,18,23-25H,11-13,17H2,1-2H3,(H,30,32). The lowest BCUT2D eigenvalue weighted by molar-refractivity contribution is -0.147. The summed E-state index contributed by atoms with van der Waals surface area (Å²) >= 11 is 0. The van der Waals surface area contributed by atoms with Gasteiger partial charge in [-0.3, -0.25) is 19.3 Å². The monoisotopic (exact) mass is 471 g/mol. The molecule has 2 aliphatic rings. The fourth-order valence-corrected chi connectivity index (χ4v) is 4.70. The van der Waals surface area contributed by atoms with Gasteiger partial charge in [-0.2, -0.15) is 5.26 Å². The molecule has 1 N–H and O–H groups in total. The Morgan fingerprint density at radius 1 is 1.09 bits per heavy atom. The number of benzene rings is 2. The third kappa shape index (κ3) is 5.43. The van der Waals surface area contributed by atoms with Gasteiger partial charge in [-0.05, 0) is 55.0 Å². The number of hydrogen-bond acceptors (Lipinski definition) is 5. The number of carbonyl (C=O) groups is 3. The Labute approximate surface area is 205 Å². The van der Waals surface area contributed by atoms with Gasteiger partial charge in [0.15, 0.2) is 0 Å². The van der Waals surface area contributed by atoms with Crippen molar-refractivity contribution in [3.63, 3.8) is 0 Å². The normalized spacial score (nSPS) is 19.9. The van der Waals surface area contributed by atoms with Crippen molar-refractivity contribution in [1.82, 2.24) is 4.90 Å². The first-order valence-electron chi connectivity index (χ1n) is 11.9. The smallest absolute Gasteiger partial charge is 0.247 e. The molecule has 1 fully saturated rings. The molecule has 35 heavy (non-hydrogen) atoms. The molecule has 3 unspecified atom stereocenters. The first kappa shape index (κ1) is 24.2. The minimum absolute atomic E-state index is 0.117. The first-order valence-corrected chi connectivity index (χ1v) is 11.9. The van der Waals surface area contributed by atoms with Crippen LogP contribution in [-0.4, -0.2) is 28.7 Å². The number of anilines is 1. The van der Waals surface area contributed by atoms with Crippen molar-refractivity contribution in [3.05, 3.63) is 71.8 Å². The van der Waals surface area contributed by atoms with Crippen LogP contribution in [-0.2, 0) is 21.0 Å². The van der Waals surface area contributed by atoms with Crippen LogP contribution in [0.25, 0.3) is 0 Å². The summed E-state index contributed by atoms with van der Waals surface area (Å²) in [7, 11) is 0. The minimum atomic E-state index is -0.862. The van der Waals surface area contributed by atoms with E-state index in [-0.39, 0.29) is 42.1 Å². The zero-order chi connectivity index (χ0) is 24.9. The van der Waals surface area contributed by atoms with E-state index in [4.69, 9.17) is 10.00 Å². The third-order valence-corrected chi connectivity index (χ3v) is 6.41. The summed E-state index contributed by atoms with van der Waals surface area (Å²) in [5.41, 5.74) is 1.94. The van der Waals surface area contributed by atoms with Crippen LogP contribution in [0.5, 0.6) is 5.75 Å². The molecule has 2 aromatic carbocycles. The number of allylic oxidation sites excluding steroid dienone is 2. The summed E-state index contributed by atoms with van der Waals surface area (Å²) in [5, 5.41) is 11.9. The molecule has 1 aliphatic heterocycles. The van der Waals surface area contributed by atoms with E-state index in [1.54, 1.807) is 42.5 Å². The molecule has 180 valence electrons. The average molecular weight is 472 g/mol. The molecule has 3 amide bonds. The van der Waals surface area contributed by atoms with Gasteiger partial charge >= 0.3 is 0 Å². The molecule has 1 heterocycles. The number of nitrogens with one attached hydrogen (secondary N) is 1. The van der Waals surface area contributed by atoms with Crippen LogP contribution >= 0.6 is 0 Å². The number of amides is 3. The van der Waals surface area contributed by atoms with Crippen LogP contribution in [0, 0.1) is 29.1 Å². The van der Waals surface area contributed by atoms with Crippen LogP contribution in [0.15, 0.2) is 60.7 Å². The van der Waals surface area contributed by atoms with Crippen LogP contribution in [0.4, 0.5) is 5.69 Å². The lowest BCUT2D eigenvalue weighted by Gasteiger charge is -2.27. The zero-order valence-corrected chi connectivity index (χ0v) is 19.9. The van der Waals surface area contributed by atoms with Crippen molar-refractivity contribution < 1.29 is 19.1 Å². The van der Waals surface area contributed by atoms with Crippen LogP contribution in [0.2, 0.25) is 0 Å². The summed E-state index contributed by atoms with van der Waals surface area (Å²) in [4.78, 5) is 40.8. The van der Waals surface area contributed by atoms with Crippen molar-refractivity contribution in [2.45, 2.75) is 45.8 Å². The highest BCUT2D eigenvalue weighted by molar-refractivity contribution is 6.10. The number of fused-ring (bicyclic) bond motifs is 1. The topological polar surface area (TPSA) is 99.5 Å². The third-order valence-electron chi connectivity index (χ3n) is 6.41. The summed E-state index contributed by atoms with van der Waals surface area (Å²) in [6.07, 6.45) is 5.35. The van der Waals surface area contributed by atoms with E-state index in [0.717, 1.165) is 5.56 Å². The number of hydrogen-bond donors (Lipinski definition) is 1. The number of likely N-dealkylation sites (tertiary alicyclic amines) is 1. The van der Waals surface area contributed by atoms with Crippen molar-refractivity contribution in [3.8, 4) is 11.8 Å². The fourth-order valence-electron chi connectivity index (χ4n) is 4.70. The Kier molecular flexibility index (Phi) is 7.31. The maximum absolute atomic E-state index is 13.3. The summed E-state index contributed by atoms with van der Waals surface area (Å²) in [6, 6.07) is 15.4. The molecule has 4 rings (SSSR count). The van der Waals surface area contributed by atoms with Gasteiger partial charge in [-0.25, -0.2) is 0 Å². The number of imide groups is 1. The van der Waals surface area contributed by atoms with E-state index in [1.807, 2.05) is 32.1 Å². The Balaban J connectivity index is 1.47. The van der Waals surface area contributed by atoms with Gasteiger partial charge in [0.1, 0.15) is 18.4 Å². The van der Waals surface area contributed by atoms with Crippen molar-refractivity contribution >= 4 is 23.4 Å². The van der Waals surface area contributed by atoms with Crippen LogP contribution in [0.3, 0.4) is 0 Å². The molecule has 0 saturated carbocycles. The molecule has 3 atom stereocenters. The van der Waals surface area contributed by atoms with Gasteiger partial charge in [0.25, 0.3) is 0 Å². The van der Waals surface area contributed by atoms with E-state index in [9.17, 15) is 14.4 Å². The molecule has 0 radical (unpaired) electrons. The first-order chi connectivity index (χ1) is 16.9. The average Bonchev–Trinajstić information content (AvgIpc) is 3.11. The number of rotatable bonds is 8. The lowest BCUT2D eigenvalue weighted by Crippen LogP contribution is -2.48. The molecule has 0 aromatic heterocycles. The summed E-state index contributed by atoms with van der Waals surface area (Å²) < 4.78 is 5.85. The SMILES string of the molecule is CC(C)CC(C(=O)Nc1cccc(OCc2cccc(C#N)c2)c1)N1C(=O)C2CC=CCC2C1=O. The number of nitriles is 1. The van der Waals surface area contributed by atoms with E-state index >= 15 is 0 Å². The van der Waals surface area contributed by atoms with Gasteiger partial charge in [0.2, 0.25) is 17.7 Å². The highest BCUT2D eigenvalue weighted by atomic mass is 16.5. The maximum Gasteiger partial charge on any atom is 0.247 e. The Hall–Kier alpha value is -3.92. The maximum atomic E-state index is 13.3. The highest BCUT2D eigenvalue weighted by Gasteiger charge is 2.51. The van der Waals surface area contributed by atoms with Crippen molar-refractivity contribution in [2.24, 2.45) is 17.8 Å². The van der Waals surface area contributed by atoms with Gasteiger partial charge in [0, 0.05) is 11.8 Å². The molecule has 7 heteroatoms. The van der Waals surface area contributed by atoms with E-state index in [1.165, 1.54) is 4.90 Å². The quantitative estimate of drug-likeness (QED) is 0.453. The predicted octanol–water partition coefficient (Wildman–Crippen LogP) is 4.44. The second-order valence-electron chi connectivity index (χ2n) is 9.47. The van der Waals surface area contributed by atoms with Crippen molar-refractivity contribution in [1.29, 1.82) is 5.26 Å². The fraction of sp³-hybridized carbons (Fsp3) is 0.357. The molecule has 1 aliphatic carbocycles. The van der Waals surface area contributed by atoms with Gasteiger partial charge < -0.3 is 10.1 Å². The summed E-state index contributed by atoms with van der Waals surface area (Å²) in [6.45, 7) is 4.21. The molecule has 7 nitrogen and oxygen atoms in total. The van der Waals surface area contributed by atoms with Gasteiger partial charge in [-0.1, -0.05) is 44.2 Å². The molecule has 1 saturated heterocycles. The predicted molar refractivity (Wildman–Crippen MR) is 131 cm³/mol. The molecule has 2 aromatic rings. The lowest BCUT2D eigenvalue weighted by atomic mass is 9.85. The minimum Gasteiger partial charge on any atom is -0.489 e. The largest absolute Gasteiger partial charge is 0.489 e. The van der Waals surface area contributed by atoms with Crippen LogP contribution < -0.4 is 10.1 Å². The number of nitrogens with zero attached hydrogens (tertiary/aromatic N) is 2. The highest BCUT2D eigenvalue weighted by Crippen LogP contribution is 2.37. The van der Waals surface area contributed by atoms with E-state index < -0.39 is 6.04 Å². The van der Waals surface area contributed by atoms with Gasteiger partial charge in [0.05, 0.1) is 23.5 Å². The Bertz CT molecular complexity index is 1170. The molecular formula is C28H29N3O4. The molecule has 0 bridgehead atoms.